The number of nitrogens with one attached hydrogen (secondary N) is 1. The van der Waals surface area contributed by atoms with Crippen molar-refractivity contribution in [3.63, 3.8) is 0 Å². The van der Waals surface area contributed by atoms with Gasteiger partial charge in [0.05, 0.1) is 17.7 Å². The first-order chi connectivity index (χ1) is 14.1. The van der Waals surface area contributed by atoms with Gasteiger partial charge in [0.25, 0.3) is 5.91 Å². The maximum absolute atomic E-state index is 14.3. The molecule has 1 aromatic heterocycles. The molecule has 0 bridgehead atoms. The van der Waals surface area contributed by atoms with Gasteiger partial charge in [-0.15, -0.1) is 0 Å². The predicted octanol–water partition coefficient (Wildman–Crippen LogP) is 2.09. The number of hydrogen-bond acceptors (Lipinski definition) is 4. The van der Waals surface area contributed by atoms with Gasteiger partial charge in [-0.25, -0.2) is 4.39 Å². The molecule has 6 nitrogen and oxygen atoms in total. The van der Waals surface area contributed by atoms with Gasteiger partial charge in [0.1, 0.15) is 11.9 Å². The highest BCUT2D eigenvalue weighted by Gasteiger charge is 2.52. The highest BCUT2D eigenvalue weighted by molar-refractivity contribution is 5.89. The summed E-state index contributed by atoms with van der Waals surface area (Å²) in [5.41, 5.74) is 0.365. The van der Waals surface area contributed by atoms with E-state index in [1.165, 1.54) is 6.07 Å². The summed E-state index contributed by atoms with van der Waals surface area (Å²) in [6.45, 7) is 1.40. The molecule has 7 heteroatoms. The van der Waals surface area contributed by atoms with E-state index in [1.807, 2.05) is 18.2 Å². The van der Waals surface area contributed by atoms with Crippen LogP contribution in [0.5, 0.6) is 0 Å². The molecule has 4 rings (SSSR count). The SMILES string of the molecule is O=C(C1CCCO1)N1CC(Cc2ccccc2F)(C(=O)NCc2ccccn2)C1. The molecule has 2 fully saturated rings. The average molecular weight is 397 g/mol. The number of ether oxygens (including phenoxy) is 1. The summed E-state index contributed by atoms with van der Waals surface area (Å²) in [5, 5.41) is 2.92. The molecular weight excluding hydrogens is 373 g/mol. The molecule has 2 aliphatic heterocycles. The van der Waals surface area contributed by atoms with Gasteiger partial charge in [-0.2, -0.15) is 0 Å². The summed E-state index contributed by atoms with van der Waals surface area (Å²) >= 11 is 0. The number of rotatable bonds is 6. The third-order valence-corrected chi connectivity index (χ3v) is 5.63. The fraction of sp³-hybridized carbons (Fsp3) is 0.409. The molecular formula is C22H24FN3O3. The second-order valence-corrected chi connectivity index (χ2v) is 7.75. The summed E-state index contributed by atoms with van der Waals surface area (Å²) in [4.78, 5) is 31.6. The maximum Gasteiger partial charge on any atom is 0.251 e. The molecule has 0 radical (unpaired) electrons. The average Bonchev–Trinajstić information content (AvgIpc) is 3.25. The van der Waals surface area contributed by atoms with Crippen molar-refractivity contribution in [1.82, 2.24) is 15.2 Å². The monoisotopic (exact) mass is 397 g/mol. The molecule has 1 unspecified atom stereocenters. The first-order valence-electron chi connectivity index (χ1n) is 9.89. The first-order valence-corrected chi connectivity index (χ1v) is 9.89. The molecule has 0 aliphatic carbocycles. The van der Waals surface area contributed by atoms with Crippen LogP contribution in [0.2, 0.25) is 0 Å². The predicted molar refractivity (Wildman–Crippen MR) is 104 cm³/mol. The minimum absolute atomic E-state index is 0.0795. The number of benzene rings is 1. The van der Waals surface area contributed by atoms with E-state index >= 15 is 0 Å². The lowest BCUT2D eigenvalue weighted by Gasteiger charge is -2.49. The van der Waals surface area contributed by atoms with E-state index in [9.17, 15) is 14.0 Å². The van der Waals surface area contributed by atoms with Crippen LogP contribution in [0.4, 0.5) is 4.39 Å². The summed E-state index contributed by atoms with van der Waals surface area (Å²) in [5.74, 6) is -0.611. The van der Waals surface area contributed by atoms with Gasteiger partial charge in [0.15, 0.2) is 0 Å². The zero-order valence-corrected chi connectivity index (χ0v) is 16.1. The van der Waals surface area contributed by atoms with Crippen LogP contribution in [0.25, 0.3) is 0 Å². The molecule has 29 heavy (non-hydrogen) atoms. The van der Waals surface area contributed by atoms with Crippen LogP contribution in [0.15, 0.2) is 48.7 Å². The van der Waals surface area contributed by atoms with E-state index in [4.69, 9.17) is 4.74 Å². The highest BCUT2D eigenvalue weighted by atomic mass is 19.1. The van der Waals surface area contributed by atoms with Crippen LogP contribution in [0, 0.1) is 11.2 Å². The van der Waals surface area contributed by atoms with Crippen LogP contribution in [-0.4, -0.2) is 47.5 Å². The number of carbonyl (C=O) groups is 2. The lowest BCUT2D eigenvalue weighted by atomic mass is 9.73. The molecule has 1 aromatic carbocycles. The third-order valence-electron chi connectivity index (χ3n) is 5.63. The van der Waals surface area contributed by atoms with E-state index in [0.29, 0.717) is 25.1 Å². The first kappa shape index (κ1) is 19.5. The van der Waals surface area contributed by atoms with Crippen LogP contribution in [-0.2, 0) is 27.3 Å². The van der Waals surface area contributed by atoms with Crippen molar-refractivity contribution in [2.75, 3.05) is 19.7 Å². The van der Waals surface area contributed by atoms with Crippen molar-refractivity contribution in [1.29, 1.82) is 0 Å². The van der Waals surface area contributed by atoms with E-state index in [0.717, 1.165) is 12.1 Å². The number of pyridine rings is 1. The zero-order valence-electron chi connectivity index (χ0n) is 16.1. The summed E-state index contributed by atoms with van der Waals surface area (Å²) in [7, 11) is 0. The summed E-state index contributed by atoms with van der Waals surface area (Å²) in [6, 6.07) is 12.0. The molecule has 1 atom stereocenters. The molecule has 152 valence electrons. The second kappa shape index (κ2) is 8.29. The van der Waals surface area contributed by atoms with Crippen molar-refractivity contribution in [2.24, 2.45) is 5.41 Å². The third kappa shape index (κ3) is 4.15. The number of nitrogens with zero attached hydrogens (tertiary/aromatic N) is 2. The van der Waals surface area contributed by atoms with Crippen LogP contribution in [0.3, 0.4) is 0 Å². The van der Waals surface area contributed by atoms with E-state index in [1.54, 1.807) is 29.3 Å². The molecule has 2 aliphatic rings. The van der Waals surface area contributed by atoms with Crippen molar-refractivity contribution < 1.29 is 18.7 Å². The second-order valence-electron chi connectivity index (χ2n) is 7.75. The minimum atomic E-state index is -0.856. The Morgan fingerprint density at radius 1 is 1.21 bits per heavy atom. The molecule has 3 heterocycles. The minimum Gasteiger partial charge on any atom is -0.368 e. The Balaban J connectivity index is 1.48. The van der Waals surface area contributed by atoms with Crippen LogP contribution >= 0.6 is 0 Å². The van der Waals surface area contributed by atoms with E-state index < -0.39 is 11.5 Å². The van der Waals surface area contributed by atoms with Gasteiger partial charge in [0, 0.05) is 25.9 Å². The number of aromatic nitrogens is 1. The number of hydrogen-bond donors (Lipinski definition) is 1. The lowest BCUT2D eigenvalue weighted by molar-refractivity contribution is -0.160. The standard InChI is InChI=1S/C22H24FN3O3/c23-18-8-2-1-6-16(18)12-22(21(28)25-13-17-7-3-4-10-24-17)14-26(15-22)20(27)19-9-5-11-29-19/h1-4,6-8,10,19H,5,9,11-15H2,(H,25,28). The smallest absolute Gasteiger partial charge is 0.251 e. The van der Waals surface area contributed by atoms with Crippen molar-refractivity contribution in [3.8, 4) is 0 Å². The van der Waals surface area contributed by atoms with Gasteiger partial charge in [-0.3, -0.25) is 14.6 Å². The fourth-order valence-corrected chi connectivity index (χ4v) is 4.02. The van der Waals surface area contributed by atoms with Gasteiger partial charge in [0.2, 0.25) is 5.91 Å². The Kier molecular flexibility index (Phi) is 5.58. The molecule has 2 amide bonds. The zero-order chi connectivity index (χ0) is 20.3. The summed E-state index contributed by atoms with van der Waals surface area (Å²) < 4.78 is 19.7. The Labute approximate surface area is 169 Å². The molecule has 1 N–H and O–H groups in total. The van der Waals surface area contributed by atoms with Crippen molar-refractivity contribution in [2.45, 2.75) is 31.9 Å². The van der Waals surface area contributed by atoms with Gasteiger partial charge < -0.3 is 15.0 Å². The quantitative estimate of drug-likeness (QED) is 0.810. The number of halogens is 1. The maximum atomic E-state index is 14.3. The molecule has 0 spiro atoms. The molecule has 0 saturated carbocycles. The molecule has 2 saturated heterocycles. The lowest BCUT2D eigenvalue weighted by Crippen LogP contribution is -2.66. The Morgan fingerprint density at radius 2 is 2.00 bits per heavy atom. The number of likely N-dealkylation sites (tertiary alicyclic amines) is 1. The summed E-state index contributed by atoms with van der Waals surface area (Å²) in [6.07, 6.45) is 3.07. The molecule has 2 aromatic rings. The van der Waals surface area contributed by atoms with Crippen LogP contribution in [0.1, 0.15) is 24.1 Å². The Bertz CT molecular complexity index is 878. The number of amides is 2. The van der Waals surface area contributed by atoms with Gasteiger partial charge >= 0.3 is 0 Å². The highest BCUT2D eigenvalue weighted by Crippen LogP contribution is 2.36. The number of carbonyl (C=O) groups excluding carboxylic acids is 2. The topological polar surface area (TPSA) is 71.5 Å². The van der Waals surface area contributed by atoms with Gasteiger partial charge in [-0.1, -0.05) is 24.3 Å². The Hall–Kier alpha value is -2.80. The normalized spacial score (nSPS) is 20.2. The van der Waals surface area contributed by atoms with Crippen molar-refractivity contribution >= 4 is 11.8 Å². The largest absolute Gasteiger partial charge is 0.368 e. The van der Waals surface area contributed by atoms with Crippen molar-refractivity contribution in [3.05, 3.63) is 65.7 Å². The van der Waals surface area contributed by atoms with Gasteiger partial charge in [-0.05, 0) is 43.0 Å². The Morgan fingerprint density at radius 3 is 2.69 bits per heavy atom. The van der Waals surface area contributed by atoms with E-state index in [-0.39, 0.29) is 37.1 Å². The van der Waals surface area contributed by atoms with E-state index in [2.05, 4.69) is 10.3 Å². The van der Waals surface area contributed by atoms with Crippen LogP contribution < -0.4 is 5.32 Å². The fourth-order valence-electron chi connectivity index (χ4n) is 4.02.